The molecule has 0 saturated carbocycles. The molecule has 1 atom stereocenters. The van der Waals surface area contributed by atoms with Crippen molar-refractivity contribution < 1.29 is 17.9 Å². The SMILES string of the molecule is C=CCN(CC(=O)N1CCc2sccc2[C@@H]1COc1ccc(C)cc1C)S(=O)(=O)c1ccc(Cl)cc1. The minimum Gasteiger partial charge on any atom is -0.491 e. The van der Waals surface area contributed by atoms with Gasteiger partial charge in [-0.05, 0) is 73.2 Å². The molecule has 0 N–H and O–H groups in total. The lowest BCUT2D eigenvalue weighted by Gasteiger charge is -2.37. The number of thiophene rings is 1. The van der Waals surface area contributed by atoms with E-state index in [2.05, 4.69) is 12.6 Å². The van der Waals surface area contributed by atoms with Crippen LogP contribution in [0.4, 0.5) is 0 Å². The maximum absolute atomic E-state index is 13.6. The average Bonchev–Trinajstić information content (AvgIpc) is 3.32. The predicted molar refractivity (Wildman–Crippen MR) is 144 cm³/mol. The third-order valence-corrected chi connectivity index (χ3v) is 9.31. The number of amides is 1. The average molecular weight is 545 g/mol. The van der Waals surface area contributed by atoms with E-state index < -0.39 is 10.0 Å². The van der Waals surface area contributed by atoms with Gasteiger partial charge in [-0.2, -0.15) is 4.31 Å². The van der Waals surface area contributed by atoms with E-state index in [1.54, 1.807) is 16.2 Å². The van der Waals surface area contributed by atoms with Crippen molar-refractivity contribution >= 4 is 38.9 Å². The van der Waals surface area contributed by atoms with Gasteiger partial charge in [0.25, 0.3) is 0 Å². The molecule has 3 aromatic rings. The van der Waals surface area contributed by atoms with Crippen molar-refractivity contribution in [1.29, 1.82) is 0 Å². The van der Waals surface area contributed by atoms with Gasteiger partial charge in [0, 0.05) is 23.0 Å². The van der Waals surface area contributed by atoms with E-state index in [9.17, 15) is 13.2 Å². The zero-order chi connectivity index (χ0) is 25.9. The summed E-state index contributed by atoms with van der Waals surface area (Å²) in [5, 5.41) is 2.46. The molecule has 0 radical (unpaired) electrons. The van der Waals surface area contributed by atoms with Crippen molar-refractivity contribution in [2.24, 2.45) is 0 Å². The standard InChI is InChI=1S/C27H29ClN2O4S2/c1-4-13-29(36(32,33)22-8-6-21(28)7-9-22)17-27(31)30-14-11-26-23(12-15-35-26)24(30)18-34-25-10-5-19(2)16-20(25)3/h4-10,12,15-16,24H,1,11,13-14,17-18H2,2-3H3/t24-/m0/s1. The Balaban J connectivity index is 1.57. The topological polar surface area (TPSA) is 66.9 Å². The van der Waals surface area contributed by atoms with E-state index in [0.29, 0.717) is 11.6 Å². The summed E-state index contributed by atoms with van der Waals surface area (Å²) in [5.41, 5.74) is 3.24. The van der Waals surface area contributed by atoms with Crippen molar-refractivity contribution in [3.63, 3.8) is 0 Å². The number of sulfonamides is 1. The summed E-state index contributed by atoms with van der Waals surface area (Å²) in [7, 11) is -3.92. The Morgan fingerprint density at radius 1 is 1.22 bits per heavy atom. The van der Waals surface area contributed by atoms with Gasteiger partial charge >= 0.3 is 0 Å². The number of benzene rings is 2. The Bertz CT molecular complexity index is 1350. The van der Waals surface area contributed by atoms with Gasteiger partial charge in [-0.15, -0.1) is 17.9 Å². The van der Waals surface area contributed by atoms with Crippen molar-refractivity contribution in [3.05, 3.63) is 93.2 Å². The largest absolute Gasteiger partial charge is 0.491 e. The number of hydrogen-bond acceptors (Lipinski definition) is 5. The third-order valence-electron chi connectivity index (χ3n) is 6.24. The van der Waals surface area contributed by atoms with Crippen molar-refractivity contribution in [2.75, 3.05) is 26.2 Å². The Kier molecular flexibility index (Phi) is 8.20. The van der Waals surface area contributed by atoms with E-state index in [4.69, 9.17) is 16.3 Å². The fourth-order valence-electron chi connectivity index (χ4n) is 4.39. The maximum atomic E-state index is 13.6. The van der Waals surface area contributed by atoms with Crippen LogP contribution >= 0.6 is 22.9 Å². The van der Waals surface area contributed by atoms with Crippen LogP contribution in [0.5, 0.6) is 5.75 Å². The molecule has 9 heteroatoms. The highest BCUT2D eigenvalue weighted by atomic mass is 35.5. The summed E-state index contributed by atoms with van der Waals surface area (Å²) in [5.74, 6) is 0.495. The van der Waals surface area contributed by atoms with E-state index >= 15 is 0 Å². The molecule has 1 aliphatic heterocycles. The maximum Gasteiger partial charge on any atom is 0.243 e. The van der Waals surface area contributed by atoms with Gasteiger partial charge in [0.2, 0.25) is 15.9 Å². The second-order valence-corrected chi connectivity index (χ2v) is 12.1. The number of rotatable bonds is 9. The lowest BCUT2D eigenvalue weighted by molar-refractivity contribution is -0.135. The van der Waals surface area contributed by atoms with Gasteiger partial charge in [0.1, 0.15) is 12.4 Å². The van der Waals surface area contributed by atoms with Crippen LogP contribution < -0.4 is 4.74 Å². The van der Waals surface area contributed by atoms with E-state index in [-0.39, 0.29) is 36.5 Å². The number of aryl methyl sites for hydroxylation is 2. The second kappa shape index (κ2) is 11.2. The van der Waals surface area contributed by atoms with E-state index in [0.717, 1.165) is 33.2 Å². The van der Waals surface area contributed by atoms with Crippen LogP contribution in [0.15, 0.2) is 71.5 Å². The van der Waals surface area contributed by atoms with Gasteiger partial charge in [0.15, 0.2) is 0 Å². The Hall–Kier alpha value is -2.65. The number of nitrogens with zero attached hydrogens (tertiary/aromatic N) is 2. The summed E-state index contributed by atoms with van der Waals surface area (Å²) in [6, 6.07) is 13.6. The first-order valence-corrected chi connectivity index (χ1v) is 14.3. The Morgan fingerprint density at radius 2 is 1.97 bits per heavy atom. The molecule has 1 aromatic heterocycles. The van der Waals surface area contributed by atoms with Gasteiger partial charge < -0.3 is 9.64 Å². The molecule has 6 nitrogen and oxygen atoms in total. The first-order valence-electron chi connectivity index (χ1n) is 11.6. The summed E-state index contributed by atoms with van der Waals surface area (Å²) < 4.78 is 34.0. The Morgan fingerprint density at radius 3 is 2.67 bits per heavy atom. The molecule has 0 saturated heterocycles. The zero-order valence-corrected chi connectivity index (χ0v) is 22.7. The highest BCUT2D eigenvalue weighted by molar-refractivity contribution is 7.89. The van der Waals surface area contributed by atoms with Gasteiger partial charge in [0.05, 0.1) is 17.5 Å². The number of hydrogen-bond donors (Lipinski definition) is 0. The smallest absolute Gasteiger partial charge is 0.243 e. The number of fused-ring (bicyclic) bond motifs is 1. The first kappa shape index (κ1) is 26.4. The van der Waals surface area contributed by atoms with Crippen molar-refractivity contribution in [2.45, 2.75) is 31.2 Å². The lowest BCUT2D eigenvalue weighted by atomic mass is 10.0. The molecule has 0 unspecified atom stereocenters. The summed E-state index contributed by atoms with van der Waals surface area (Å²) in [4.78, 5) is 16.6. The van der Waals surface area contributed by atoms with Crippen LogP contribution in [0.1, 0.15) is 27.6 Å². The molecule has 190 valence electrons. The number of halogens is 1. The molecule has 2 aromatic carbocycles. The van der Waals surface area contributed by atoms with Crippen LogP contribution in [0.3, 0.4) is 0 Å². The zero-order valence-electron chi connectivity index (χ0n) is 20.3. The molecule has 36 heavy (non-hydrogen) atoms. The molecule has 1 amide bonds. The van der Waals surface area contributed by atoms with Crippen LogP contribution in [-0.2, 0) is 21.2 Å². The van der Waals surface area contributed by atoms with E-state index in [1.165, 1.54) is 35.2 Å². The third kappa shape index (κ3) is 5.67. The summed E-state index contributed by atoms with van der Waals surface area (Å²) in [6.45, 7) is 8.21. The summed E-state index contributed by atoms with van der Waals surface area (Å²) in [6.07, 6.45) is 2.21. The fraction of sp³-hybridized carbons (Fsp3) is 0.296. The molecule has 0 bridgehead atoms. The van der Waals surface area contributed by atoms with Gasteiger partial charge in [-0.1, -0.05) is 35.4 Å². The van der Waals surface area contributed by atoms with Crippen molar-refractivity contribution in [1.82, 2.24) is 9.21 Å². The predicted octanol–water partition coefficient (Wildman–Crippen LogP) is 5.40. The van der Waals surface area contributed by atoms with Gasteiger partial charge in [-0.3, -0.25) is 4.79 Å². The van der Waals surface area contributed by atoms with Crippen molar-refractivity contribution in [3.8, 4) is 5.75 Å². The Labute approximate surface area is 221 Å². The molecular weight excluding hydrogens is 516 g/mol. The normalized spacial score (nSPS) is 15.6. The summed E-state index contributed by atoms with van der Waals surface area (Å²) >= 11 is 7.60. The monoisotopic (exact) mass is 544 g/mol. The minimum atomic E-state index is -3.92. The highest BCUT2D eigenvalue weighted by Gasteiger charge is 2.35. The number of ether oxygens (including phenoxy) is 1. The molecule has 0 fully saturated rings. The molecule has 1 aliphatic rings. The molecule has 0 aliphatic carbocycles. The van der Waals surface area contributed by atoms with Crippen LogP contribution in [-0.4, -0.2) is 49.8 Å². The van der Waals surface area contributed by atoms with Gasteiger partial charge in [-0.25, -0.2) is 8.42 Å². The molecule has 0 spiro atoms. The number of carbonyl (C=O) groups is 1. The second-order valence-electron chi connectivity index (χ2n) is 8.77. The molecular formula is C27H29ClN2O4S2. The minimum absolute atomic E-state index is 0.0119. The molecule has 2 heterocycles. The number of carbonyl (C=O) groups excluding carboxylic acids is 1. The van der Waals surface area contributed by atoms with Crippen LogP contribution in [0.25, 0.3) is 0 Å². The van der Waals surface area contributed by atoms with E-state index in [1.807, 2.05) is 37.4 Å². The first-order chi connectivity index (χ1) is 17.2. The van der Waals surface area contributed by atoms with Crippen LogP contribution in [0, 0.1) is 13.8 Å². The molecule has 4 rings (SSSR count). The van der Waals surface area contributed by atoms with Crippen LogP contribution in [0.2, 0.25) is 5.02 Å². The highest BCUT2D eigenvalue weighted by Crippen LogP contribution is 2.34. The quantitative estimate of drug-likeness (QED) is 0.338. The lowest BCUT2D eigenvalue weighted by Crippen LogP contribution is -2.47. The fourth-order valence-corrected chi connectivity index (χ4v) is 6.81.